The molecular formula is C32H29N4OPt-. The van der Waals surface area contributed by atoms with E-state index in [1.54, 1.807) is 6.07 Å². The first kappa shape index (κ1) is 25.9. The maximum absolute atomic E-state index is 10.4. The van der Waals surface area contributed by atoms with Crippen molar-refractivity contribution in [2.45, 2.75) is 39.7 Å². The first-order valence-corrected chi connectivity index (χ1v) is 12.7. The maximum atomic E-state index is 10.4. The zero-order chi connectivity index (χ0) is 25.7. The molecule has 2 aromatic heterocycles. The zero-order valence-electron chi connectivity index (χ0n) is 21.8. The Morgan fingerprint density at radius 3 is 2.37 bits per heavy atom. The Hall–Kier alpha value is -3.69. The van der Waals surface area contributed by atoms with E-state index in [0.29, 0.717) is 11.4 Å². The molecule has 38 heavy (non-hydrogen) atoms. The summed E-state index contributed by atoms with van der Waals surface area (Å²) in [5.74, 6) is 1.42. The van der Waals surface area contributed by atoms with Crippen LogP contribution in [0.5, 0.6) is 5.75 Å². The first-order valence-electron chi connectivity index (χ1n) is 12.7. The van der Waals surface area contributed by atoms with Gasteiger partial charge in [-0.2, -0.15) is 0 Å². The normalized spacial score (nSPS) is 12.5. The zero-order valence-corrected chi connectivity index (χ0v) is 24.1. The Labute approximate surface area is 238 Å². The van der Waals surface area contributed by atoms with Crippen LogP contribution in [0.2, 0.25) is 0 Å². The number of fused-ring (bicyclic) bond motifs is 3. The Morgan fingerprint density at radius 1 is 0.816 bits per heavy atom. The summed E-state index contributed by atoms with van der Waals surface area (Å²) in [6.07, 6.45) is 1.89. The predicted octanol–water partition coefficient (Wildman–Crippen LogP) is 8.25. The van der Waals surface area contributed by atoms with Gasteiger partial charge in [-0.3, -0.25) is 4.98 Å². The Morgan fingerprint density at radius 2 is 1.61 bits per heavy atom. The first-order chi connectivity index (χ1) is 17.9. The van der Waals surface area contributed by atoms with Gasteiger partial charge in [0.15, 0.2) is 0 Å². The number of pyridine rings is 2. The van der Waals surface area contributed by atoms with Crippen molar-refractivity contribution in [1.29, 1.82) is 0 Å². The van der Waals surface area contributed by atoms with Crippen LogP contribution >= 0.6 is 0 Å². The monoisotopic (exact) mass is 680 g/mol. The summed E-state index contributed by atoms with van der Waals surface area (Å²) >= 11 is 0. The Bertz CT molecular complexity index is 1630. The van der Waals surface area contributed by atoms with Gasteiger partial charge in [0.05, 0.1) is 11.4 Å². The molecule has 0 fully saturated rings. The molecule has 6 rings (SSSR count). The number of nitrogens with zero attached hydrogens (tertiary/aromatic N) is 4. The molecule has 3 heterocycles. The van der Waals surface area contributed by atoms with Gasteiger partial charge >= 0.3 is 0 Å². The molecule has 0 bridgehead atoms. The molecule has 0 unspecified atom stereocenters. The minimum absolute atomic E-state index is 0. The van der Waals surface area contributed by atoms with Gasteiger partial charge < -0.3 is 14.9 Å². The van der Waals surface area contributed by atoms with E-state index in [4.69, 9.17) is 9.97 Å². The summed E-state index contributed by atoms with van der Waals surface area (Å²) in [5, 5.41) is 11.3. The average molecular weight is 681 g/mol. The standard InChI is InChI=1S/C32H29N4O.Pt/c1-20(2)23-16-17-33-31(19-23)36-27-10-6-5-9-26(27)35(21(3)4)28-15-13-24(18-29(28)36)25-14-12-22-8-7-11-30(37)32(22)34-25;/h5-17,19-21,37H,1-4H3;/q-1;. The molecule has 194 valence electrons. The smallest absolute Gasteiger partial charge is 0.140 e. The van der Waals surface area contributed by atoms with E-state index in [9.17, 15) is 5.11 Å². The molecule has 0 aliphatic carbocycles. The van der Waals surface area contributed by atoms with Crippen LogP contribution in [0.25, 0.3) is 22.2 Å². The minimum Gasteiger partial charge on any atom is -0.506 e. The number of aromatic nitrogens is 2. The number of hydrogen-bond acceptors (Lipinski definition) is 5. The third-order valence-corrected chi connectivity index (χ3v) is 6.93. The van der Waals surface area contributed by atoms with Gasteiger partial charge in [0.1, 0.15) is 17.1 Å². The van der Waals surface area contributed by atoms with Crippen LogP contribution in [0.3, 0.4) is 0 Å². The van der Waals surface area contributed by atoms with E-state index in [2.05, 4.69) is 92.1 Å². The molecule has 0 saturated heterocycles. The molecule has 1 aliphatic heterocycles. The van der Waals surface area contributed by atoms with Crippen LogP contribution in [-0.2, 0) is 21.1 Å². The molecular weight excluding hydrogens is 651 g/mol. The third-order valence-electron chi connectivity index (χ3n) is 6.93. The van der Waals surface area contributed by atoms with E-state index >= 15 is 0 Å². The van der Waals surface area contributed by atoms with Crippen LogP contribution in [0.1, 0.15) is 39.2 Å². The van der Waals surface area contributed by atoms with Gasteiger partial charge in [0.25, 0.3) is 0 Å². The summed E-state index contributed by atoms with van der Waals surface area (Å²) in [6, 6.07) is 30.3. The molecule has 1 N–H and O–H groups in total. The van der Waals surface area contributed by atoms with Crippen LogP contribution in [0, 0.1) is 6.07 Å². The summed E-state index contributed by atoms with van der Waals surface area (Å²) in [7, 11) is 0. The number of rotatable bonds is 4. The second-order valence-electron chi connectivity index (χ2n) is 10.0. The number of anilines is 5. The van der Waals surface area contributed by atoms with Gasteiger partial charge in [-0.25, -0.2) is 4.98 Å². The number of hydrogen-bond donors (Lipinski definition) is 1. The van der Waals surface area contributed by atoms with Crippen molar-refractivity contribution >= 4 is 39.5 Å². The molecule has 5 nitrogen and oxygen atoms in total. The third kappa shape index (κ3) is 4.35. The van der Waals surface area contributed by atoms with Crippen molar-refractivity contribution in [3.8, 4) is 17.0 Å². The van der Waals surface area contributed by atoms with E-state index in [-0.39, 0.29) is 32.9 Å². The Balaban J connectivity index is 0.00000294. The largest absolute Gasteiger partial charge is 0.506 e. The van der Waals surface area contributed by atoms with E-state index in [0.717, 1.165) is 45.2 Å². The van der Waals surface area contributed by atoms with Crippen molar-refractivity contribution in [3.05, 3.63) is 96.7 Å². The van der Waals surface area contributed by atoms with E-state index in [1.165, 1.54) is 5.56 Å². The molecule has 1 aliphatic rings. The molecule has 3 aromatic carbocycles. The molecule has 6 heteroatoms. The molecule has 5 aromatic rings. The predicted molar refractivity (Wildman–Crippen MR) is 152 cm³/mol. The number of para-hydroxylation sites is 3. The summed E-state index contributed by atoms with van der Waals surface area (Å²) in [4.78, 5) is 14.2. The molecule has 0 saturated carbocycles. The fourth-order valence-electron chi connectivity index (χ4n) is 5.09. The van der Waals surface area contributed by atoms with Gasteiger partial charge in [-0.05, 0) is 72.7 Å². The van der Waals surface area contributed by atoms with Crippen LogP contribution in [-0.4, -0.2) is 21.1 Å². The van der Waals surface area contributed by atoms with Crippen molar-refractivity contribution in [3.63, 3.8) is 0 Å². The average Bonchev–Trinajstić information content (AvgIpc) is 2.91. The molecule has 0 radical (unpaired) electrons. The summed E-state index contributed by atoms with van der Waals surface area (Å²) in [5.41, 5.74) is 7.63. The number of benzene rings is 3. The van der Waals surface area contributed by atoms with Crippen LogP contribution in [0.15, 0.2) is 85.1 Å². The van der Waals surface area contributed by atoms with Crippen LogP contribution in [0.4, 0.5) is 28.6 Å². The van der Waals surface area contributed by atoms with Gasteiger partial charge in [0, 0.05) is 38.7 Å². The fraction of sp³-hybridized carbons (Fsp3) is 0.188. The second kappa shape index (κ2) is 10.2. The number of phenolic OH excluding ortho intramolecular Hbond substituents is 1. The van der Waals surface area contributed by atoms with Gasteiger partial charge in [-0.1, -0.05) is 50.2 Å². The molecule has 0 spiro atoms. The quantitative estimate of drug-likeness (QED) is 0.194. The van der Waals surface area contributed by atoms with Crippen molar-refractivity contribution in [1.82, 2.24) is 9.97 Å². The second-order valence-corrected chi connectivity index (χ2v) is 10.0. The van der Waals surface area contributed by atoms with Crippen molar-refractivity contribution < 1.29 is 26.2 Å². The molecule has 0 atom stereocenters. The SMILES string of the molecule is CC(C)c1ccnc(N2c3[c-]c(-c4ccc5cccc(O)c5n4)ccc3N(C(C)C)c3ccccc32)c1.[Pt]. The number of aromatic hydroxyl groups is 1. The van der Waals surface area contributed by atoms with Crippen molar-refractivity contribution in [2.75, 3.05) is 9.80 Å². The number of phenols is 1. The van der Waals surface area contributed by atoms with Gasteiger partial charge in [0.2, 0.25) is 0 Å². The topological polar surface area (TPSA) is 52.5 Å². The summed E-state index contributed by atoms with van der Waals surface area (Å²) < 4.78 is 0. The van der Waals surface area contributed by atoms with Crippen molar-refractivity contribution in [2.24, 2.45) is 0 Å². The maximum Gasteiger partial charge on any atom is 0.140 e. The molecule has 0 amide bonds. The minimum atomic E-state index is 0. The van der Waals surface area contributed by atoms with E-state index < -0.39 is 0 Å². The van der Waals surface area contributed by atoms with E-state index in [1.807, 2.05) is 30.5 Å². The van der Waals surface area contributed by atoms with Crippen LogP contribution < -0.4 is 9.80 Å². The Kier molecular flexibility index (Phi) is 6.98. The van der Waals surface area contributed by atoms with Gasteiger partial charge in [-0.15, -0.1) is 23.8 Å². The fourth-order valence-corrected chi connectivity index (χ4v) is 5.09. The summed E-state index contributed by atoms with van der Waals surface area (Å²) in [6.45, 7) is 8.80.